The molecule has 1 rings (SSSR count). The first-order valence-corrected chi connectivity index (χ1v) is 7.07. The van der Waals surface area contributed by atoms with Crippen molar-refractivity contribution in [1.29, 1.82) is 0 Å². The van der Waals surface area contributed by atoms with Crippen molar-refractivity contribution in [2.75, 3.05) is 18.5 Å². The zero-order valence-corrected chi connectivity index (χ0v) is 15.6. The molecule has 0 fully saturated rings. The van der Waals surface area contributed by atoms with E-state index in [4.69, 9.17) is 5.73 Å². The Labute approximate surface area is 161 Å². The Balaban J connectivity index is 0. The number of pyridine rings is 1. The minimum atomic E-state index is -4.45. The van der Waals surface area contributed by atoms with Crippen LogP contribution in [-0.2, 0) is 9.59 Å². The zero-order chi connectivity index (χ0) is 18.3. The number of nitrogens with two attached hydrogens (primary N) is 1. The fraction of sp³-hybridized carbons (Fsp3) is 0.500. The lowest BCUT2D eigenvalue weighted by atomic mass is 10.1. The molecule has 26 heavy (non-hydrogen) atoms. The van der Waals surface area contributed by atoms with Crippen molar-refractivity contribution in [3.63, 3.8) is 0 Å². The third kappa shape index (κ3) is 10.3. The van der Waals surface area contributed by atoms with Crippen LogP contribution in [0.3, 0.4) is 0 Å². The summed E-state index contributed by atoms with van der Waals surface area (Å²) < 4.78 is 40.4. The second-order valence-electron chi connectivity index (χ2n) is 5.32. The van der Waals surface area contributed by atoms with Gasteiger partial charge in [0, 0.05) is 6.07 Å². The van der Waals surface area contributed by atoms with E-state index in [-0.39, 0.29) is 48.8 Å². The first-order chi connectivity index (χ1) is 11.1. The molecule has 0 aliphatic heterocycles. The highest BCUT2D eigenvalue weighted by Crippen LogP contribution is 2.17. The highest BCUT2D eigenvalue weighted by molar-refractivity contribution is 5.95. The van der Waals surface area contributed by atoms with Gasteiger partial charge in [0.2, 0.25) is 17.7 Å². The van der Waals surface area contributed by atoms with Crippen molar-refractivity contribution < 1.29 is 27.5 Å². The van der Waals surface area contributed by atoms with Gasteiger partial charge in [0.1, 0.15) is 0 Å². The molecule has 2 amide bonds. The van der Waals surface area contributed by atoms with Crippen molar-refractivity contribution >= 4 is 42.3 Å². The number of amides is 2. The van der Waals surface area contributed by atoms with Crippen LogP contribution in [0, 0.1) is 5.92 Å². The monoisotopic (exact) mass is 420 g/mol. The molecule has 1 aromatic rings. The molecule has 1 aromatic heterocycles. The van der Waals surface area contributed by atoms with Crippen LogP contribution in [-0.4, -0.2) is 42.2 Å². The summed E-state index contributed by atoms with van der Waals surface area (Å²) in [7, 11) is 0. The number of aromatic nitrogens is 1. The maximum absolute atomic E-state index is 12.0. The number of nitrogens with zero attached hydrogens (tertiary/aromatic N) is 1. The Morgan fingerprint density at radius 1 is 1.27 bits per heavy atom. The topological polar surface area (TPSA) is 106 Å². The summed E-state index contributed by atoms with van der Waals surface area (Å²) in [5, 5.41) is 4.82. The third-order valence-electron chi connectivity index (χ3n) is 2.85. The molecule has 0 unspecified atom stereocenters. The number of rotatable bonds is 7. The number of ether oxygens (including phenoxy) is 1. The lowest BCUT2D eigenvalue weighted by molar-refractivity contribution is -0.154. The molecule has 1 atom stereocenters. The lowest BCUT2D eigenvalue weighted by Crippen LogP contribution is -2.46. The lowest BCUT2D eigenvalue weighted by Gasteiger charge is -2.15. The van der Waals surface area contributed by atoms with E-state index in [1.807, 2.05) is 0 Å². The van der Waals surface area contributed by atoms with Crippen molar-refractivity contribution in [2.45, 2.75) is 26.1 Å². The van der Waals surface area contributed by atoms with Crippen LogP contribution in [0.2, 0.25) is 0 Å². The van der Waals surface area contributed by atoms with Crippen molar-refractivity contribution in [2.24, 2.45) is 11.7 Å². The predicted octanol–water partition coefficient (Wildman–Crippen LogP) is 1.90. The Bertz CT molecular complexity index is 572. The SMILES string of the molecule is CC(C)[C@H](N)C(=O)NCC(=O)Nc1ccc(OCC(F)(F)F)nc1.Cl.Cl. The zero-order valence-electron chi connectivity index (χ0n) is 14.0. The molecule has 0 bridgehead atoms. The van der Waals surface area contributed by atoms with E-state index >= 15 is 0 Å². The van der Waals surface area contributed by atoms with Crippen LogP contribution in [0.4, 0.5) is 18.9 Å². The molecule has 12 heteroatoms. The molecule has 150 valence electrons. The first kappa shape index (κ1) is 26.4. The second kappa shape index (κ2) is 11.8. The van der Waals surface area contributed by atoms with Crippen LogP contribution >= 0.6 is 24.8 Å². The van der Waals surface area contributed by atoms with Gasteiger partial charge in [-0.15, -0.1) is 24.8 Å². The summed E-state index contributed by atoms with van der Waals surface area (Å²) in [5.41, 5.74) is 5.88. The molecule has 0 saturated carbocycles. The van der Waals surface area contributed by atoms with E-state index in [1.54, 1.807) is 13.8 Å². The number of hydrogen-bond donors (Lipinski definition) is 3. The van der Waals surface area contributed by atoms with E-state index in [1.165, 1.54) is 12.1 Å². The third-order valence-corrected chi connectivity index (χ3v) is 2.85. The Hall–Kier alpha value is -1.78. The summed E-state index contributed by atoms with van der Waals surface area (Å²) >= 11 is 0. The Morgan fingerprint density at radius 3 is 2.35 bits per heavy atom. The van der Waals surface area contributed by atoms with Gasteiger partial charge in [-0.05, 0) is 12.0 Å². The minimum Gasteiger partial charge on any atom is -0.468 e. The van der Waals surface area contributed by atoms with Gasteiger partial charge in [0.25, 0.3) is 0 Å². The van der Waals surface area contributed by atoms with Gasteiger partial charge in [-0.1, -0.05) is 13.8 Å². The smallest absolute Gasteiger partial charge is 0.422 e. The van der Waals surface area contributed by atoms with Crippen LogP contribution in [0.5, 0.6) is 5.88 Å². The standard InChI is InChI=1S/C14H19F3N4O3.2ClH/c1-8(2)12(18)13(23)20-6-10(22)21-9-3-4-11(19-5-9)24-7-14(15,16)17;;/h3-5,8,12H,6-7,18H2,1-2H3,(H,20,23)(H,21,22);2*1H/t12-;;/m0../s1. The number of alkyl halides is 3. The van der Waals surface area contributed by atoms with Gasteiger partial charge in [-0.25, -0.2) is 4.98 Å². The second-order valence-corrected chi connectivity index (χ2v) is 5.32. The van der Waals surface area contributed by atoms with Crippen molar-refractivity contribution in [1.82, 2.24) is 10.3 Å². The van der Waals surface area contributed by atoms with E-state index in [0.717, 1.165) is 6.20 Å². The molecule has 0 radical (unpaired) electrons. The number of nitrogens with one attached hydrogen (secondary N) is 2. The summed E-state index contributed by atoms with van der Waals surface area (Å²) in [5.74, 6) is -1.26. The van der Waals surface area contributed by atoms with Crippen LogP contribution in [0.25, 0.3) is 0 Å². The van der Waals surface area contributed by atoms with Gasteiger partial charge in [0.15, 0.2) is 6.61 Å². The summed E-state index contributed by atoms with van der Waals surface area (Å²) in [6, 6.07) is 1.80. The molecule has 0 aliphatic rings. The molecule has 1 heterocycles. The van der Waals surface area contributed by atoms with Crippen LogP contribution in [0.1, 0.15) is 13.8 Å². The minimum absolute atomic E-state index is 0. The quantitative estimate of drug-likeness (QED) is 0.624. The van der Waals surface area contributed by atoms with Crippen LogP contribution in [0.15, 0.2) is 18.3 Å². The molecular formula is C14H21Cl2F3N4O3. The van der Waals surface area contributed by atoms with Crippen molar-refractivity contribution in [3.05, 3.63) is 18.3 Å². The molecule has 7 nitrogen and oxygen atoms in total. The average Bonchev–Trinajstić information content (AvgIpc) is 2.50. The van der Waals surface area contributed by atoms with Gasteiger partial charge in [-0.2, -0.15) is 13.2 Å². The van der Waals surface area contributed by atoms with Crippen LogP contribution < -0.4 is 21.1 Å². The fourth-order valence-electron chi connectivity index (χ4n) is 1.49. The molecule has 0 aliphatic carbocycles. The Kier molecular flexibility index (Phi) is 12.0. The first-order valence-electron chi connectivity index (χ1n) is 7.07. The molecule has 0 saturated heterocycles. The van der Waals surface area contributed by atoms with E-state index in [9.17, 15) is 22.8 Å². The van der Waals surface area contributed by atoms with Gasteiger partial charge in [0.05, 0.1) is 24.5 Å². The van der Waals surface area contributed by atoms with Crippen molar-refractivity contribution in [3.8, 4) is 5.88 Å². The molecule has 0 spiro atoms. The number of carbonyl (C=O) groups is 2. The van der Waals surface area contributed by atoms with Gasteiger partial charge in [-0.3, -0.25) is 9.59 Å². The van der Waals surface area contributed by atoms with E-state index in [2.05, 4.69) is 20.4 Å². The maximum atomic E-state index is 12.0. The van der Waals surface area contributed by atoms with Gasteiger partial charge < -0.3 is 21.1 Å². The Morgan fingerprint density at radius 2 is 1.88 bits per heavy atom. The highest BCUT2D eigenvalue weighted by atomic mass is 35.5. The number of anilines is 1. The predicted molar refractivity (Wildman–Crippen MR) is 94.7 cm³/mol. The fourth-order valence-corrected chi connectivity index (χ4v) is 1.49. The molecular weight excluding hydrogens is 400 g/mol. The number of halogens is 5. The largest absolute Gasteiger partial charge is 0.468 e. The van der Waals surface area contributed by atoms with E-state index < -0.39 is 30.6 Å². The molecule has 4 N–H and O–H groups in total. The average molecular weight is 421 g/mol. The summed E-state index contributed by atoms with van der Waals surface area (Å²) in [4.78, 5) is 26.9. The van der Waals surface area contributed by atoms with E-state index in [0.29, 0.717) is 0 Å². The molecule has 0 aromatic carbocycles. The normalized spacial score (nSPS) is 11.7. The van der Waals surface area contributed by atoms with Gasteiger partial charge >= 0.3 is 6.18 Å². The number of carbonyl (C=O) groups excluding carboxylic acids is 2. The summed E-state index contributed by atoms with van der Waals surface area (Å²) in [6.45, 7) is 1.82. The highest BCUT2D eigenvalue weighted by Gasteiger charge is 2.28. The summed E-state index contributed by atoms with van der Waals surface area (Å²) in [6.07, 6.45) is -3.31. The number of hydrogen-bond acceptors (Lipinski definition) is 5. The maximum Gasteiger partial charge on any atom is 0.422 e.